The van der Waals surface area contributed by atoms with E-state index in [0.29, 0.717) is 5.92 Å². The molecule has 0 radical (unpaired) electrons. The Hall–Kier alpha value is -1.59. The summed E-state index contributed by atoms with van der Waals surface area (Å²) in [5, 5.41) is 2.06. The minimum atomic E-state index is -2.65. The van der Waals surface area contributed by atoms with Gasteiger partial charge in [-0.3, -0.25) is 0 Å². The molecule has 1 fully saturated rings. The van der Waals surface area contributed by atoms with Crippen LogP contribution < -0.4 is 5.30 Å². The highest BCUT2D eigenvalue weighted by Crippen LogP contribution is 2.79. The molecule has 0 N–H and O–H groups in total. The van der Waals surface area contributed by atoms with Gasteiger partial charge in [0.25, 0.3) is 0 Å². The zero-order valence-electron chi connectivity index (χ0n) is 13.8. The van der Waals surface area contributed by atoms with Crippen molar-refractivity contribution in [3.05, 3.63) is 71.8 Å². The third-order valence-electron chi connectivity index (χ3n) is 6.02. The molecule has 0 aromatic heterocycles. The van der Waals surface area contributed by atoms with Crippen LogP contribution in [0.4, 0.5) is 0 Å². The largest absolute Gasteiger partial charge is 0.313 e. The molecule has 118 valence electrons. The Labute approximate surface area is 138 Å². The smallest absolute Gasteiger partial charge is 0.149 e. The fraction of sp³-hybridized carbons (Fsp3) is 0.333. The molecule has 1 aliphatic heterocycles. The molecule has 0 bridgehead atoms. The van der Waals surface area contributed by atoms with E-state index in [1.807, 2.05) is 24.3 Å². The fourth-order valence-corrected chi connectivity index (χ4v) is 9.30. The molecule has 0 amide bonds. The molecule has 1 heterocycles. The Kier molecular flexibility index (Phi) is 3.39. The maximum absolute atomic E-state index is 14.6. The predicted molar refractivity (Wildman–Crippen MR) is 98.5 cm³/mol. The average Bonchev–Trinajstić information content (AvgIpc) is 3.06. The second kappa shape index (κ2) is 5.21. The van der Waals surface area contributed by atoms with Crippen LogP contribution in [0.15, 0.2) is 66.2 Å². The van der Waals surface area contributed by atoms with Crippen molar-refractivity contribution >= 4 is 17.8 Å². The van der Waals surface area contributed by atoms with Crippen molar-refractivity contribution in [3.63, 3.8) is 0 Å². The van der Waals surface area contributed by atoms with E-state index in [9.17, 15) is 4.57 Å². The van der Waals surface area contributed by atoms with Gasteiger partial charge >= 0.3 is 0 Å². The van der Waals surface area contributed by atoms with Gasteiger partial charge in [-0.15, -0.1) is 0 Å². The van der Waals surface area contributed by atoms with Crippen LogP contribution in [0.2, 0.25) is 0 Å². The van der Waals surface area contributed by atoms with E-state index in [-0.39, 0.29) is 5.16 Å². The van der Waals surface area contributed by atoms with Crippen LogP contribution in [-0.4, -0.2) is 5.16 Å². The van der Waals surface area contributed by atoms with E-state index >= 15 is 0 Å². The van der Waals surface area contributed by atoms with Crippen LogP contribution in [0.5, 0.6) is 0 Å². The van der Waals surface area contributed by atoms with Crippen LogP contribution in [0.25, 0.3) is 5.31 Å². The van der Waals surface area contributed by atoms with Gasteiger partial charge in [0, 0.05) is 15.8 Å². The number of benzene rings is 2. The van der Waals surface area contributed by atoms with Gasteiger partial charge in [0.2, 0.25) is 0 Å². The van der Waals surface area contributed by atoms with Gasteiger partial charge in [0.15, 0.2) is 0 Å². The predicted octanol–water partition coefficient (Wildman–Crippen LogP) is 5.68. The summed E-state index contributed by atoms with van der Waals surface area (Å²) in [5.41, 5.74) is 2.51. The summed E-state index contributed by atoms with van der Waals surface area (Å²) >= 11 is 0. The van der Waals surface area contributed by atoms with Gasteiger partial charge < -0.3 is 4.57 Å². The number of rotatable bonds is 2. The Bertz CT molecular complexity index is 806. The molecule has 0 spiro atoms. The number of hydrogen-bond acceptors (Lipinski definition) is 1. The molecule has 23 heavy (non-hydrogen) atoms. The summed E-state index contributed by atoms with van der Waals surface area (Å²) in [6.45, 7) is 4.50. The van der Waals surface area contributed by atoms with Crippen LogP contribution in [-0.2, 0) is 4.57 Å². The summed E-state index contributed by atoms with van der Waals surface area (Å²) in [6, 6.07) is 20.6. The third kappa shape index (κ3) is 1.90. The second-order valence-electron chi connectivity index (χ2n) is 7.14. The quantitative estimate of drug-likeness (QED) is 0.650. The molecular formula is C21H23OP. The van der Waals surface area contributed by atoms with Crippen LogP contribution in [0.1, 0.15) is 38.7 Å². The lowest BCUT2D eigenvalue weighted by Crippen LogP contribution is -2.29. The molecule has 4 rings (SSSR count). The molecule has 2 aromatic rings. The molecule has 0 unspecified atom stereocenters. The van der Waals surface area contributed by atoms with E-state index in [4.69, 9.17) is 0 Å². The Morgan fingerprint density at radius 2 is 1.61 bits per heavy atom. The van der Waals surface area contributed by atoms with Crippen molar-refractivity contribution < 1.29 is 4.57 Å². The molecule has 2 heteroatoms. The van der Waals surface area contributed by atoms with E-state index in [0.717, 1.165) is 22.6 Å². The van der Waals surface area contributed by atoms with Crippen LogP contribution >= 0.6 is 7.14 Å². The van der Waals surface area contributed by atoms with Gasteiger partial charge in [0.05, 0.1) is 0 Å². The first-order valence-electron chi connectivity index (χ1n) is 8.51. The molecule has 3 atom stereocenters. The normalized spacial score (nSPS) is 33.0. The summed E-state index contributed by atoms with van der Waals surface area (Å²) in [6.07, 6.45) is 3.43. The van der Waals surface area contributed by atoms with Crippen molar-refractivity contribution in [2.75, 3.05) is 0 Å². The summed E-state index contributed by atoms with van der Waals surface area (Å²) in [7, 11) is -2.65. The number of fused-ring (bicyclic) bond motifs is 1. The van der Waals surface area contributed by atoms with Crippen LogP contribution in [0, 0.1) is 5.92 Å². The first-order chi connectivity index (χ1) is 11.1. The van der Waals surface area contributed by atoms with Gasteiger partial charge in [-0.2, -0.15) is 0 Å². The van der Waals surface area contributed by atoms with Crippen molar-refractivity contribution in [2.24, 2.45) is 5.92 Å². The second-order valence-corrected chi connectivity index (χ2v) is 10.3. The molecule has 2 aliphatic rings. The SMILES string of the molecule is CC1=C(c2ccccc2)[P@](=O)(c2ccccc2)[C@]2(C)CCC[C@@H]12. The minimum absolute atomic E-state index is 0.108. The van der Waals surface area contributed by atoms with Crippen molar-refractivity contribution in [2.45, 2.75) is 38.3 Å². The lowest BCUT2D eigenvalue weighted by Gasteiger charge is -2.34. The average molecular weight is 322 g/mol. The zero-order valence-corrected chi connectivity index (χ0v) is 14.7. The van der Waals surface area contributed by atoms with Crippen molar-refractivity contribution in [1.29, 1.82) is 0 Å². The number of hydrogen-bond donors (Lipinski definition) is 0. The van der Waals surface area contributed by atoms with Crippen molar-refractivity contribution in [3.8, 4) is 0 Å². The maximum Gasteiger partial charge on any atom is 0.149 e. The van der Waals surface area contributed by atoms with Gasteiger partial charge in [-0.1, -0.05) is 79.6 Å². The Balaban J connectivity index is 2.02. The first-order valence-corrected chi connectivity index (χ1v) is 10.2. The maximum atomic E-state index is 14.6. The lowest BCUT2D eigenvalue weighted by atomic mass is 9.89. The van der Waals surface area contributed by atoms with Crippen LogP contribution in [0.3, 0.4) is 0 Å². The summed E-state index contributed by atoms with van der Waals surface area (Å²) < 4.78 is 14.6. The number of allylic oxidation sites excluding steroid dienone is 1. The van der Waals surface area contributed by atoms with Crippen molar-refractivity contribution in [1.82, 2.24) is 0 Å². The molecule has 2 aromatic carbocycles. The molecular weight excluding hydrogens is 299 g/mol. The first kappa shape index (κ1) is 15.0. The minimum Gasteiger partial charge on any atom is -0.313 e. The molecule has 0 saturated heterocycles. The molecule has 1 aliphatic carbocycles. The lowest BCUT2D eigenvalue weighted by molar-refractivity contribution is 0.494. The van der Waals surface area contributed by atoms with Gasteiger partial charge in [-0.25, -0.2) is 0 Å². The Morgan fingerprint density at radius 1 is 1.00 bits per heavy atom. The van der Waals surface area contributed by atoms with Gasteiger partial charge in [-0.05, 0) is 31.2 Å². The molecule has 1 nitrogen and oxygen atoms in total. The van der Waals surface area contributed by atoms with E-state index in [2.05, 4.69) is 50.2 Å². The zero-order chi connectivity index (χ0) is 16.1. The van der Waals surface area contributed by atoms with E-state index in [1.165, 1.54) is 18.4 Å². The third-order valence-corrected chi connectivity index (χ3v) is 10.3. The highest BCUT2D eigenvalue weighted by Gasteiger charge is 2.60. The topological polar surface area (TPSA) is 17.1 Å². The highest BCUT2D eigenvalue weighted by molar-refractivity contribution is 7.83. The van der Waals surface area contributed by atoms with E-state index < -0.39 is 7.14 Å². The standard InChI is InChI=1S/C21H23OP/c1-16-19-14-9-15-21(19,2)23(22,18-12-7-4-8-13-18)20(16)17-10-5-3-6-11-17/h3-8,10-13,19H,9,14-15H2,1-2H3/t19-,21+,23+/m0/s1. The van der Waals surface area contributed by atoms with Gasteiger partial charge in [0.1, 0.15) is 7.14 Å². The monoisotopic (exact) mass is 322 g/mol. The molecule has 1 saturated carbocycles. The highest BCUT2D eigenvalue weighted by atomic mass is 31.2. The summed E-state index contributed by atoms with van der Waals surface area (Å²) in [4.78, 5) is 0. The Morgan fingerprint density at radius 3 is 2.26 bits per heavy atom. The van der Waals surface area contributed by atoms with E-state index in [1.54, 1.807) is 0 Å². The fourth-order valence-electron chi connectivity index (χ4n) is 4.95. The summed E-state index contributed by atoms with van der Waals surface area (Å²) in [5.74, 6) is 0.462.